The first-order chi connectivity index (χ1) is 27.1. The number of hydrogen-bond acceptors (Lipinski definition) is 15. The van der Waals surface area contributed by atoms with Crippen LogP contribution in [0.1, 0.15) is 37.3 Å². The smallest absolute Gasteiger partial charge is 0.229 e. The maximum atomic E-state index is 11.3. The average molecular weight is 967 g/mol. The summed E-state index contributed by atoms with van der Waals surface area (Å²) in [6, 6.07) is 38.6. The zero-order valence-electron chi connectivity index (χ0n) is 32.2. The van der Waals surface area contributed by atoms with E-state index in [2.05, 4.69) is 54.0 Å². The lowest BCUT2D eigenvalue weighted by Crippen LogP contribution is -2.09. The number of benzene rings is 5. The van der Waals surface area contributed by atoms with Crippen LogP contribution < -0.4 is 16.2 Å². The van der Waals surface area contributed by atoms with Crippen molar-refractivity contribution in [3.63, 3.8) is 0 Å². The topological polar surface area (TPSA) is 207 Å². The number of halogens is 1. The molecule has 318 valence electrons. The first-order valence-electron chi connectivity index (χ1n) is 16.7. The Bertz CT molecular complexity index is 2120. The Morgan fingerprint density at radius 2 is 0.948 bits per heavy atom. The van der Waals surface area contributed by atoms with Crippen LogP contribution in [0.4, 0.5) is 17.1 Å². The molecule has 5 aromatic rings. The van der Waals surface area contributed by atoms with Crippen LogP contribution in [0, 0.1) is 0 Å². The molecule has 0 aromatic heterocycles. The standard InChI is InChI=1S/C15H17NO4S4.C12H12N2S2.C10H14S.CH3ClO2S.H2O2/c1-23(17,18)11-12-3-7-14(8-4-12)21-22-15-9-5-13(6-10-15)16-24(2,19)20;13-9-1-5-11(6-2-9)15-16-12-7-3-10(14)4-8-12;1-3-8(2)9-4-6-10(11)7-5-9;1-5(2,3)4;1-2/h3-10,16H,11H2,1-2H3;1-8H,13-14H2;4-8,11H,3H2,1-2H3;1H3;1-2H. The minimum absolute atomic E-state index is 0.0416. The number of nitrogens with one attached hydrogen (secondary N) is 1. The van der Waals surface area contributed by atoms with Gasteiger partial charge in [-0.25, -0.2) is 25.3 Å². The van der Waals surface area contributed by atoms with Crippen molar-refractivity contribution in [1.29, 1.82) is 0 Å². The number of hydrogen-bond donors (Lipinski definition) is 6. The van der Waals surface area contributed by atoms with Crippen molar-refractivity contribution in [2.75, 3.05) is 35.0 Å². The van der Waals surface area contributed by atoms with Gasteiger partial charge in [0.05, 0.1) is 18.3 Å². The van der Waals surface area contributed by atoms with Crippen molar-refractivity contribution in [3.8, 4) is 0 Å². The second-order valence-corrected chi connectivity index (χ2v) is 24.2. The third-order valence-corrected chi connectivity index (χ3v) is 13.4. The number of nitrogens with two attached hydrogens (primary N) is 2. The van der Waals surface area contributed by atoms with Crippen LogP contribution in [-0.4, -0.2) is 54.5 Å². The molecule has 5 rings (SSSR count). The predicted molar refractivity (Wildman–Crippen MR) is 253 cm³/mol. The number of sulfonamides is 1. The van der Waals surface area contributed by atoms with Crippen molar-refractivity contribution < 1.29 is 35.8 Å². The fraction of sp³-hybridized carbons (Fsp3) is 0.211. The molecule has 1 unspecified atom stereocenters. The van der Waals surface area contributed by atoms with Crippen molar-refractivity contribution in [2.45, 2.75) is 56.4 Å². The van der Waals surface area contributed by atoms with Crippen LogP contribution in [0.15, 0.2) is 146 Å². The molecule has 0 amide bonds. The van der Waals surface area contributed by atoms with Crippen LogP contribution in [-0.2, 0) is 34.7 Å². The predicted octanol–water partition coefficient (Wildman–Crippen LogP) is 10.7. The lowest BCUT2D eigenvalue weighted by molar-refractivity contribution is -0.176. The summed E-state index contributed by atoms with van der Waals surface area (Å²) in [5.74, 6) is 0.712. The second-order valence-electron chi connectivity index (χ2n) is 12.2. The SMILES string of the molecule is CCC(C)c1ccc(S)cc1.CS(=O)(=O)Cc1ccc(SSc2ccc(NS(C)(=O)=O)cc2)cc1.CS(=O)(=O)Cl.Nc1ccc(SSc2ccc(N)cc2)cc1.OO. The highest BCUT2D eigenvalue weighted by molar-refractivity contribution is 8.77. The number of anilines is 3. The van der Waals surface area contributed by atoms with Gasteiger partial charge in [0.2, 0.25) is 19.1 Å². The minimum atomic E-state index is -3.27. The van der Waals surface area contributed by atoms with Gasteiger partial charge in [-0.05, 0) is 121 Å². The number of thiol groups is 1. The lowest BCUT2D eigenvalue weighted by Gasteiger charge is -2.07. The summed E-state index contributed by atoms with van der Waals surface area (Å²) in [5.41, 5.74) is 15.5. The quantitative estimate of drug-likeness (QED) is 0.0172. The Balaban J connectivity index is 0.000000426. The van der Waals surface area contributed by atoms with E-state index in [1.165, 1.54) is 28.0 Å². The van der Waals surface area contributed by atoms with Crippen LogP contribution in [0.5, 0.6) is 0 Å². The number of rotatable bonds is 12. The van der Waals surface area contributed by atoms with E-state index in [0.29, 0.717) is 11.6 Å². The summed E-state index contributed by atoms with van der Waals surface area (Å²) in [5, 5.41) is 12.0. The van der Waals surface area contributed by atoms with Gasteiger partial charge in [0.1, 0.15) is 0 Å². The highest BCUT2D eigenvalue weighted by Crippen LogP contribution is 2.38. The summed E-state index contributed by atoms with van der Waals surface area (Å²) >= 11 is 4.23. The van der Waals surface area contributed by atoms with Gasteiger partial charge in [0.15, 0.2) is 9.84 Å². The van der Waals surface area contributed by atoms with Crippen molar-refractivity contribution >= 4 is 112 Å². The molecule has 0 saturated carbocycles. The summed E-state index contributed by atoms with van der Waals surface area (Å²) in [7, 11) is 1.52. The molecular weight excluding hydrogens is 918 g/mol. The molecule has 0 fully saturated rings. The van der Waals surface area contributed by atoms with Gasteiger partial charge in [0.25, 0.3) is 0 Å². The van der Waals surface area contributed by atoms with E-state index in [0.717, 1.165) is 44.1 Å². The van der Waals surface area contributed by atoms with E-state index in [1.807, 2.05) is 97.1 Å². The van der Waals surface area contributed by atoms with E-state index in [1.54, 1.807) is 55.3 Å². The van der Waals surface area contributed by atoms with Crippen LogP contribution in [0.25, 0.3) is 0 Å². The maximum Gasteiger partial charge on any atom is 0.229 e. The third kappa shape index (κ3) is 27.1. The molecule has 0 aliphatic carbocycles. The summed E-state index contributed by atoms with van der Waals surface area (Å²) in [6.45, 7) is 4.45. The van der Waals surface area contributed by atoms with Crippen molar-refractivity contribution in [3.05, 3.63) is 132 Å². The van der Waals surface area contributed by atoms with Crippen LogP contribution in [0.2, 0.25) is 0 Å². The third-order valence-electron chi connectivity index (χ3n) is 6.81. The summed E-state index contributed by atoms with van der Waals surface area (Å²) < 4.78 is 66.0. The molecule has 11 nitrogen and oxygen atoms in total. The van der Waals surface area contributed by atoms with Crippen LogP contribution >= 0.6 is 66.5 Å². The fourth-order valence-corrected chi connectivity index (χ4v) is 9.39. The monoisotopic (exact) mass is 965 g/mol. The molecule has 0 heterocycles. The van der Waals surface area contributed by atoms with Crippen LogP contribution in [0.3, 0.4) is 0 Å². The molecule has 0 aliphatic heterocycles. The first-order valence-corrected chi connectivity index (χ1v) is 28.1. The Morgan fingerprint density at radius 1 is 0.621 bits per heavy atom. The molecule has 20 heteroatoms. The van der Waals surface area contributed by atoms with Gasteiger partial charge < -0.3 is 11.5 Å². The molecule has 0 saturated heterocycles. The Hall–Kier alpha value is -2.69. The zero-order valence-corrected chi connectivity index (χ0v) is 39.6. The molecule has 5 aromatic carbocycles. The van der Waals surface area contributed by atoms with Gasteiger partial charge in [-0.3, -0.25) is 15.2 Å². The van der Waals surface area contributed by atoms with Crippen molar-refractivity contribution in [2.24, 2.45) is 0 Å². The van der Waals surface area contributed by atoms with E-state index in [-0.39, 0.29) is 5.75 Å². The Labute approximate surface area is 369 Å². The van der Waals surface area contributed by atoms with E-state index < -0.39 is 28.9 Å². The first kappa shape index (κ1) is 53.3. The van der Waals surface area contributed by atoms with Crippen molar-refractivity contribution in [1.82, 2.24) is 0 Å². The Kier molecular flexibility index (Phi) is 25.0. The lowest BCUT2D eigenvalue weighted by atomic mass is 9.99. The zero-order chi connectivity index (χ0) is 43.9. The molecule has 0 radical (unpaired) electrons. The van der Waals surface area contributed by atoms with Gasteiger partial charge >= 0.3 is 0 Å². The summed E-state index contributed by atoms with van der Waals surface area (Å²) in [4.78, 5) is 5.42. The normalized spacial score (nSPS) is 11.4. The average Bonchev–Trinajstić information content (AvgIpc) is 3.15. The molecule has 1 atom stereocenters. The molecule has 7 N–H and O–H groups in total. The largest absolute Gasteiger partial charge is 0.399 e. The fourth-order valence-electron chi connectivity index (χ4n) is 4.01. The van der Waals surface area contributed by atoms with E-state index in [9.17, 15) is 25.3 Å². The Morgan fingerprint density at radius 3 is 1.26 bits per heavy atom. The molecule has 58 heavy (non-hydrogen) atoms. The van der Waals surface area contributed by atoms with Gasteiger partial charge in [-0.1, -0.05) is 81.3 Å². The van der Waals surface area contributed by atoms with E-state index >= 15 is 0 Å². The molecule has 0 spiro atoms. The highest BCUT2D eigenvalue weighted by atomic mass is 35.7. The second kappa shape index (κ2) is 27.2. The number of sulfone groups is 1. The minimum Gasteiger partial charge on any atom is -0.399 e. The number of nitrogen functional groups attached to an aromatic ring is 2. The maximum absolute atomic E-state index is 11.3. The molecule has 0 aliphatic rings. The van der Waals surface area contributed by atoms with Gasteiger partial charge in [-0.15, -0.1) is 12.6 Å². The molecular formula is C38H48ClN3O8S8. The van der Waals surface area contributed by atoms with Gasteiger partial charge in [0, 0.05) is 58.5 Å². The van der Waals surface area contributed by atoms with E-state index in [4.69, 9.17) is 22.0 Å². The summed E-state index contributed by atoms with van der Waals surface area (Å²) in [6.07, 6.45) is 4.45. The highest BCUT2D eigenvalue weighted by Gasteiger charge is 2.06. The molecule has 0 bridgehead atoms. The van der Waals surface area contributed by atoms with Gasteiger partial charge in [-0.2, -0.15) is 0 Å².